The third-order valence-corrected chi connectivity index (χ3v) is 5.42. The van der Waals surface area contributed by atoms with Crippen molar-refractivity contribution in [3.8, 4) is 5.69 Å². The molecule has 0 bridgehead atoms. The number of anilines is 2. The molecule has 0 saturated heterocycles. The fourth-order valence-corrected chi connectivity index (χ4v) is 3.68. The number of para-hydroxylation sites is 2. The van der Waals surface area contributed by atoms with Crippen LogP contribution in [0.4, 0.5) is 24.5 Å². The molecule has 1 heterocycles. The number of hydrogen-bond acceptors (Lipinski definition) is 4. The lowest BCUT2D eigenvalue weighted by molar-refractivity contribution is -0.167. The smallest absolute Gasteiger partial charge is 0.318 e. The van der Waals surface area contributed by atoms with E-state index in [1.807, 2.05) is 0 Å². The first-order chi connectivity index (χ1) is 13.6. The van der Waals surface area contributed by atoms with E-state index in [4.69, 9.17) is 0 Å². The van der Waals surface area contributed by atoms with Crippen LogP contribution in [0, 0.1) is 0 Å². The number of nitrogens with zero attached hydrogens (tertiary/aromatic N) is 2. The van der Waals surface area contributed by atoms with Crippen LogP contribution in [0.5, 0.6) is 0 Å². The number of sulfonamides is 1. The predicted molar refractivity (Wildman–Crippen MR) is 103 cm³/mol. The molecule has 1 aromatic heterocycles. The number of carbonyl (C=O) groups is 1. The van der Waals surface area contributed by atoms with E-state index in [2.05, 4.69) is 25.8 Å². The molecule has 0 aliphatic carbocycles. The topological polar surface area (TPSA) is 93.1 Å². The summed E-state index contributed by atoms with van der Waals surface area (Å²) in [6.45, 7) is 0. The van der Waals surface area contributed by atoms with Crippen molar-refractivity contribution in [2.75, 3.05) is 10.0 Å². The van der Waals surface area contributed by atoms with Crippen LogP contribution >= 0.6 is 15.9 Å². The maximum Gasteiger partial charge on any atom is 0.471 e. The van der Waals surface area contributed by atoms with Crippen molar-refractivity contribution in [3.05, 3.63) is 65.4 Å². The highest BCUT2D eigenvalue weighted by Gasteiger charge is 2.38. The van der Waals surface area contributed by atoms with Gasteiger partial charge in [0, 0.05) is 11.9 Å². The Bertz CT molecular complexity index is 1150. The Morgan fingerprint density at radius 1 is 1.07 bits per heavy atom. The van der Waals surface area contributed by atoms with Gasteiger partial charge in [0.05, 0.1) is 26.9 Å². The van der Waals surface area contributed by atoms with Crippen molar-refractivity contribution in [2.45, 2.75) is 11.1 Å². The molecule has 0 aliphatic rings. The van der Waals surface area contributed by atoms with Crippen LogP contribution in [0.3, 0.4) is 0 Å². The zero-order valence-electron chi connectivity index (χ0n) is 14.3. The van der Waals surface area contributed by atoms with Gasteiger partial charge in [-0.15, -0.1) is 0 Å². The van der Waals surface area contributed by atoms with Crippen LogP contribution in [0.25, 0.3) is 5.69 Å². The van der Waals surface area contributed by atoms with E-state index in [0.717, 1.165) is 24.3 Å². The average molecular weight is 489 g/mol. The number of aromatic nitrogens is 2. The van der Waals surface area contributed by atoms with E-state index < -0.39 is 22.1 Å². The first-order valence-electron chi connectivity index (χ1n) is 7.87. The third kappa shape index (κ3) is 4.95. The van der Waals surface area contributed by atoms with E-state index in [1.165, 1.54) is 4.68 Å². The van der Waals surface area contributed by atoms with Gasteiger partial charge in [-0.1, -0.05) is 12.1 Å². The monoisotopic (exact) mass is 488 g/mol. The molecule has 0 aliphatic heterocycles. The summed E-state index contributed by atoms with van der Waals surface area (Å²) in [5.74, 6) is -2.15. The molecule has 29 heavy (non-hydrogen) atoms. The average Bonchev–Trinajstić information content (AvgIpc) is 3.08. The number of hydrogen-bond donors (Lipinski definition) is 2. The minimum atomic E-state index is -5.04. The second kappa shape index (κ2) is 7.87. The van der Waals surface area contributed by atoms with Gasteiger partial charge >= 0.3 is 12.1 Å². The van der Waals surface area contributed by atoms with Gasteiger partial charge in [-0.25, -0.2) is 13.1 Å². The molecule has 0 spiro atoms. The Morgan fingerprint density at radius 3 is 2.31 bits per heavy atom. The van der Waals surface area contributed by atoms with Crippen molar-refractivity contribution < 1.29 is 26.4 Å². The maximum atomic E-state index is 12.7. The number of halogens is 4. The molecule has 0 fully saturated rings. The van der Waals surface area contributed by atoms with Crippen LogP contribution in [0.15, 0.2) is 70.3 Å². The first-order valence-corrected chi connectivity index (χ1v) is 10.1. The summed E-state index contributed by atoms with van der Waals surface area (Å²) >= 11 is 3.27. The van der Waals surface area contributed by atoms with Crippen molar-refractivity contribution in [3.63, 3.8) is 0 Å². The van der Waals surface area contributed by atoms with Crippen molar-refractivity contribution in [1.82, 2.24) is 9.78 Å². The van der Waals surface area contributed by atoms with Gasteiger partial charge in [0.25, 0.3) is 10.0 Å². The number of nitrogens with one attached hydrogen (secondary N) is 2. The van der Waals surface area contributed by atoms with Crippen LogP contribution in [0.2, 0.25) is 0 Å². The molecule has 2 aromatic carbocycles. The van der Waals surface area contributed by atoms with Crippen molar-refractivity contribution >= 4 is 43.2 Å². The Hall–Kier alpha value is -2.86. The zero-order chi connectivity index (χ0) is 21.2. The van der Waals surface area contributed by atoms with Crippen LogP contribution in [-0.4, -0.2) is 30.3 Å². The molecule has 3 aromatic rings. The second-order valence-corrected chi connectivity index (χ2v) is 8.30. The minimum absolute atomic E-state index is 0.187. The Balaban J connectivity index is 1.83. The molecular formula is C17H12BrF3N4O3S. The maximum absolute atomic E-state index is 12.7. The largest absolute Gasteiger partial charge is 0.471 e. The number of benzene rings is 2. The Morgan fingerprint density at radius 2 is 1.72 bits per heavy atom. The van der Waals surface area contributed by atoms with E-state index in [-0.39, 0.29) is 16.3 Å². The molecular weight excluding hydrogens is 477 g/mol. The van der Waals surface area contributed by atoms with E-state index >= 15 is 0 Å². The highest BCUT2D eigenvalue weighted by Crippen LogP contribution is 2.25. The van der Waals surface area contributed by atoms with Crippen LogP contribution in [-0.2, 0) is 14.8 Å². The first kappa shape index (κ1) is 20.9. The number of alkyl halides is 3. The standard InChI is InChI=1S/C17H12BrF3N4O3S/c18-11-9-22-25(10-11)15-4-2-1-3-14(15)24-29(27,28)13-7-5-12(6-8-13)23-16(26)17(19,20)21/h1-10,24H,(H,23,26). The molecule has 1 amide bonds. The van der Waals surface area contributed by atoms with Gasteiger partial charge in [0.2, 0.25) is 0 Å². The fraction of sp³-hybridized carbons (Fsp3) is 0.0588. The Kier molecular flexibility index (Phi) is 5.66. The van der Waals surface area contributed by atoms with E-state index in [1.54, 1.807) is 42.0 Å². The van der Waals surface area contributed by atoms with Gasteiger partial charge in [-0.2, -0.15) is 18.3 Å². The van der Waals surface area contributed by atoms with Crippen LogP contribution in [0.1, 0.15) is 0 Å². The quantitative estimate of drug-likeness (QED) is 0.568. The molecule has 2 N–H and O–H groups in total. The fourth-order valence-electron chi connectivity index (χ4n) is 2.32. The zero-order valence-corrected chi connectivity index (χ0v) is 16.7. The summed E-state index contributed by atoms with van der Waals surface area (Å²) in [6.07, 6.45) is -1.86. The highest BCUT2D eigenvalue weighted by atomic mass is 79.9. The third-order valence-electron chi connectivity index (χ3n) is 3.63. The summed E-state index contributed by atoms with van der Waals surface area (Å²) in [5.41, 5.74) is 0.529. The molecule has 0 unspecified atom stereocenters. The lowest BCUT2D eigenvalue weighted by atomic mass is 10.3. The minimum Gasteiger partial charge on any atom is -0.318 e. The molecule has 0 atom stereocenters. The molecule has 3 rings (SSSR count). The van der Waals surface area contributed by atoms with Crippen LogP contribution < -0.4 is 10.0 Å². The number of carbonyl (C=O) groups excluding carboxylic acids is 1. The summed E-state index contributed by atoms with van der Waals surface area (Å²) in [4.78, 5) is 10.8. The van der Waals surface area contributed by atoms with Crippen molar-refractivity contribution in [1.29, 1.82) is 0 Å². The molecule has 7 nitrogen and oxygen atoms in total. The summed E-state index contributed by atoms with van der Waals surface area (Å²) in [6, 6.07) is 10.8. The Labute approximate surface area is 171 Å². The lowest BCUT2D eigenvalue weighted by Crippen LogP contribution is -2.29. The number of rotatable bonds is 5. The van der Waals surface area contributed by atoms with Gasteiger partial charge in [-0.05, 0) is 52.3 Å². The molecule has 12 heteroatoms. The van der Waals surface area contributed by atoms with Gasteiger partial charge < -0.3 is 5.32 Å². The summed E-state index contributed by atoms with van der Waals surface area (Å²) in [7, 11) is -4.05. The predicted octanol–water partition coefficient (Wildman–Crippen LogP) is 3.94. The molecule has 0 saturated carbocycles. The number of amides is 1. The highest BCUT2D eigenvalue weighted by molar-refractivity contribution is 9.10. The lowest BCUT2D eigenvalue weighted by Gasteiger charge is -2.13. The van der Waals surface area contributed by atoms with Crippen molar-refractivity contribution in [2.24, 2.45) is 0 Å². The SMILES string of the molecule is O=C(Nc1ccc(S(=O)(=O)Nc2ccccc2-n2cc(Br)cn2)cc1)C(F)(F)F. The second-order valence-electron chi connectivity index (χ2n) is 5.70. The summed E-state index contributed by atoms with van der Waals surface area (Å²) < 4.78 is 66.8. The van der Waals surface area contributed by atoms with Gasteiger partial charge in [-0.3, -0.25) is 9.52 Å². The van der Waals surface area contributed by atoms with E-state index in [9.17, 15) is 26.4 Å². The van der Waals surface area contributed by atoms with Gasteiger partial charge in [0.1, 0.15) is 0 Å². The summed E-state index contributed by atoms with van der Waals surface area (Å²) in [5, 5.41) is 5.76. The molecule has 0 radical (unpaired) electrons. The van der Waals surface area contributed by atoms with E-state index in [0.29, 0.717) is 10.2 Å². The molecule has 152 valence electrons. The normalized spacial score (nSPS) is 11.9. The van der Waals surface area contributed by atoms with Gasteiger partial charge in [0.15, 0.2) is 0 Å².